The number of aliphatic hydroxyl groups is 1. The molecule has 2 N–H and O–H groups in total. The summed E-state index contributed by atoms with van der Waals surface area (Å²) in [6.45, 7) is 1.91. The molecule has 1 aromatic carbocycles. The van der Waals surface area contributed by atoms with Crippen LogP contribution in [0, 0.1) is 12.8 Å². The molecule has 0 radical (unpaired) electrons. The van der Waals surface area contributed by atoms with Gasteiger partial charge in [0.25, 0.3) is 0 Å². The Hall–Kier alpha value is -1.66. The van der Waals surface area contributed by atoms with Gasteiger partial charge in [-0.05, 0) is 36.8 Å². The molecule has 136 valence electrons. The Kier molecular flexibility index (Phi) is 4.65. The van der Waals surface area contributed by atoms with Crippen LogP contribution in [0.1, 0.15) is 23.6 Å². The molecule has 2 aliphatic rings. The van der Waals surface area contributed by atoms with Gasteiger partial charge in [-0.15, -0.1) is 0 Å². The van der Waals surface area contributed by atoms with Gasteiger partial charge in [-0.25, -0.2) is 0 Å². The lowest BCUT2D eigenvalue weighted by atomic mass is 9.74. The van der Waals surface area contributed by atoms with Crippen molar-refractivity contribution in [1.29, 1.82) is 0 Å². The molecule has 0 aliphatic carbocycles. The van der Waals surface area contributed by atoms with Gasteiger partial charge in [0.15, 0.2) is 0 Å². The van der Waals surface area contributed by atoms with Gasteiger partial charge in [0.2, 0.25) is 5.91 Å². The fraction of sp³-hybridized carbons (Fsp3) is 0.368. The fourth-order valence-corrected chi connectivity index (χ4v) is 4.21. The smallest absolute Gasteiger partial charge is 0.230 e. The molecule has 7 heteroatoms. The average Bonchev–Trinajstić information content (AvgIpc) is 3.16. The number of aryl methyl sites for hydroxylation is 1. The zero-order valence-corrected chi connectivity index (χ0v) is 15.5. The van der Waals surface area contributed by atoms with Gasteiger partial charge >= 0.3 is 0 Å². The van der Waals surface area contributed by atoms with Crippen LogP contribution in [0.15, 0.2) is 36.5 Å². The summed E-state index contributed by atoms with van der Waals surface area (Å²) in [5.74, 6) is -0.796. The van der Waals surface area contributed by atoms with Crippen molar-refractivity contribution in [2.75, 3.05) is 5.32 Å². The number of aromatic nitrogens is 1. The van der Waals surface area contributed by atoms with E-state index in [0.29, 0.717) is 22.2 Å². The molecule has 2 saturated heterocycles. The van der Waals surface area contributed by atoms with Crippen molar-refractivity contribution in [3.63, 3.8) is 0 Å². The van der Waals surface area contributed by atoms with Crippen LogP contribution in [-0.4, -0.2) is 34.3 Å². The number of benzene rings is 1. The molecule has 0 unspecified atom stereocenters. The highest BCUT2D eigenvalue weighted by molar-refractivity contribution is 6.42. The zero-order chi connectivity index (χ0) is 18.4. The van der Waals surface area contributed by atoms with E-state index in [1.807, 2.05) is 19.1 Å². The predicted octanol–water partition coefficient (Wildman–Crippen LogP) is 3.57. The molecular weight excluding hydrogens is 375 g/mol. The number of rotatable bonds is 3. The van der Waals surface area contributed by atoms with Gasteiger partial charge in [0.05, 0.1) is 34.3 Å². The molecule has 2 fully saturated rings. The number of aliphatic hydroxyl groups excluding tert-OH is 1. The van der Waals surface area contributed by atoms with Gasteiger partial charge in [0, 0.05) is 29.9 Å². The standard InChI is InChI=1S/C19H18Cl2N2O3/c1-9-2-3-10(8-22-9)16-17(15-7-14(24)18(16)26-15)19(25)23-11-4-5-12(20)13(21)6-11/h2-6,8,14-18,24H,7H2,1H3,(H,23,25)/t14-,15+,16+,17-,18-/m0/s1. The molecule has 0 spiro atoms. The Morgan fingerprint density at radius 1 is 1.27 bits per heavy atom. The number of carbonyl (C=O) groups is 1. The van der Waals surface area contributed by atoms with Crippen LogP contribution in [-0.2, 0) is 9.53 Å². The van der Waals surface area contributed by atoms with Crippen LogP contribution in [0.3, 0.4) is 0 Å². The molecule has 4 rings (SSSR count). The Labute approximate surface area is 161 Å². The summed E-state index contributed by atoms with van der Waals surface area (Å²) in [6, 6.07) is 8.82. The van der Waals surface area contributed by atoms with E-state index in [2.05, 4.69) is 10.3 Å². The third-order valence-electron chi connectivity index (χ3n) is 5.14. The topological polar surface area (TPSA) is 71.5 Å². The first-order valence-corrected chi connectivity index (χ1v) is 9.21. The molecule has 26 heavy (non-hydrogen) atoms. The number of anilines is 1. The lowest BCUT2D eigenvalue weighted by Crippen LogP contribution is -2.41. The van der Waals surface area contributed by atoms with Gasteiger partial charge in [-0.2, -0.15) is 0 Å². The third kappa shape index (κ3) is 3.09. The van der Waals surface area contributed by atoms with Crippen molar-refractivity contribution < 1.29 is 14.6 Å². The van der Waals surface area contributed by atoms with E-state index in [1.54, 1.807) is 24.4 Å². The van der Waals surface area contributed by atoms with E-state index in [4.69, 9.17) is 27.9 Å². The quantitative estimate of drug-likeness (QED) is 0.837. The molecule has 2 bridgehead atoms. The van der Waals surface area contributed by atoms with Crippen molar-refractivity contribution in [1.82, 2.24) is 4.98 Å². The molecule has 2 aliphatic heterocycles. The number of amides is 1. The zero-order valence-electron chi connectivity index (χ0n) is 14.0. The van der Waals surface area contributed by atoms with Gasteiger partial charge in [0.1, 0.15) is 0 Å². The second kappa shape index (κ2) is 6.82. The maximum atomic E-state index is 13.0. The lowest BCUT2D eigenvalue weighted by Gasteiger charge is -2.30. The number of carbonyl (C=O) groups excluding carboxylic acids is 1. The molecule has 5 atom stereocenters. The van der Waals surface area contributed by atoms with Crippen molar-refractivity contribution in [2.45, 2.75) is 37.6 Å². The van der Waals surface area contributed by atoms with Gasteiger partial charge < -0.3 is 15.2 Å². The summed E-state index contributed by atoms with van der Waals surface area (Å²) in [7, 11) is 0. The minimum atomic E-state index is -0.569. The van der Waals surface area contributed by atoms with Crippen LogP contribution in [0.4, 0.5) is 5.69 Å². The van der Waals surface area contributed by atoms with Crippen LogP contribution >= 0.6 is 23.2 Å². The first-order chi connectivity index (χ1) is 12.4. The molecule has 2 aromatic rings. The number of fused-ring (bicyclic) bond motifs is 2. The monoisotopic (exact) mass is 392 g/mol. The van der Waals surface area contributed by atoms with E-state index >= 15 is 0 Å². The average molecular weight is 393 g/mol. The third-order valence-corrected chi connectivity index (χ3v) is 5.87. The minimum Gasteiger partial charge on any atom is -0.390 e. The fourth-order valence-electron chi connectivity index (χ4n) is 3.92. The number of pyridine rings is 1. The number of nitrogens with one attached hydrogen (secondary N) is 1. The normalized spacial score (nSPS) is 29.8. The molecule has 3 heterocycles. The lowest BCUT2D eigenvalue weighted by molar-refractivity contribution is -0.121. The van der Waals surface area contributed by atoms with E-state index in [0.717, 1.165) is 11.3 Å². The van der Waals surface area contributed by atoms with Gasteiger partial charge in [-0.1, -0.05) is 29.3 Å². The second-order valence-electron chi connectivity index (χ2n) is 6.84. The Morgan fingerprint density at radius 3 is 2.77 bits per heavy atom. The van der Waals surface area contributed by atoms with Crippen LogP contribution in [0.2, 0.25) is 10.0 Å². The summed E-state index contributed by atoms with van der Waals surface area (Å²) in [4.78, 5) is 17.3. The number of nitrogens with zero attached hydrogens (tertiary/aromatic N) is 1. The highest BCUT2D eigenvalue weighted by Crippen LogP contribution is 2.49. The van der Waals surface area contributed by atoms with Crippen molar-refractivity contribution in [3.8, 4) is 0 Å². The largest absolute Gasteiger partial charge is 0.390 e. The van der Waals surface area contributed by atoms with Crippen molar-refractivity contribution >= 4 is 34.8 Å². The number of halogens is 2. The Balaban J connectivity index is 1.61. The van der Waals surface area contributed by atoms with Crippen LogP contribution in [0.5, 0.6) is 0 Å². The number of hydrogen-bond acceptors (Lipinski definition) is 4. The van der Waals surface area contributed by atoms with E-state index in [9.17, 15) is 9.90 Å². The highest BCUT2D eigenvalue weighted by Gasteiger charge is 2.57. The first-order valence-electron chi connectivity index (χ1n) is 8.46. The first kappa shape index (κ1) is 17.7. The summed E-state index contributed by atoms with van der Waals surface area (Å²) in [6.07, 6.45) is 0.939. The van der Waals surface area contributed by atoms with Crippen molar-refractivity contribution in [3.05, 3.63) is 57.8 Å². The van der Waals surface area contributed by atoms with E-state index in [-0.39, 0.29) is 17.9 Å². The van der Waals surface area contributed by atoms with Crippen LogP contribution < -0.4 is 5.32 Å². The number of hydrogen-bond donors (Lipinski definition) is 2. The van der Waals surface area contributed by atoms with Crippen LogP contribution in [0.25, 0.3) is 0 Å². The molecule has 0 saturated carbocycles. The second-order valence-corrected chi connectivity index (χ2v) is 7.66. The molecule has 1 amide bonds. The molecule has 5 nitrogen and oxygen atoms in total. The Morgan fingerprint density at radius 2 is 2.08 bits per heavy atom. The van der Waals surface area contributed by atoms with Gasteiger partial charge in [-0.3, -0.25) is 9.78 Å². The summed E-state index contributed by atoms with van der Waals surface area (Å²) in [5.41, 5.74) is 2.37. The van der Waals surface area contributed by atoms with E-state index < -0.39 is 18.1 Å². The Bertz CT molecular complexity index is 843. The summed E-state index contributed by atoms with van der Waals surface area (Å²) >= 11 is 12.0. The maximum absolute atomic E-state index is 13.0. The highest BCUT2D eigenvalue weighted by atomic mass is 35.5. The summed E-state index contributed by atoms with van der Waals surface area (Å²) < 4.78 is 5.91. The molecule has 1 aromatic heterocycles. The molecular formula is C19H18Cl2N2O3. The van der Waals surface area contributed by atoms with E-state index in [1.165, 1.54) is 0 Å². The maximum Gasteiger partial charge on any atom is 0.230 e. The predicted molar refractivity (Wildman–Crippen MR) is 99.6 cm³/mol. The number of ether oxygens (including phenoxy) is 1. The van der Waals surface area contributed by atoms with Crippen molar-refractivity contribution in [2.24, 2.45) is 5.92 Å². The SMILES string of the molecule is Cc1ccc([C@H]2[C@H]3O[C@H](C[C@@H]3O)[C@@H]2C(=O)Nc2ccc(Cl)c(Cl)c2)cn1. The summed E-state index contributed by atoms with van der Waals surface area (Å²) in [5, 5.41) is 14.0. The minimum absolute atomic E-state index is 0.159.